The highest BCUT2D eigenvalue weighted by atomic mass is 16.3. The predicted molar refractivity (Wildman–Crippen MR) is 115 cm³/mol. The summed E-state index contributed by atoms with van der Waals surface area (Å²) in [5.41, 5.74) is 3.13. The van der Waals surface area contributed by atoms with Gasteiger partial charge >= 0.3 is 0 Å². The third-order valence-corrected chi connectivity index (χ3v) is 5.75. The number of ketones is 1. The summed E-state index contributed by atoms with van der Waals surface area (Å²) >= 11 is 0. The summed E-state index contributed by atoms with van der Waals surface area (Å²) in [5.74, 6) is -1.26. The monoisotopic (exact) mass is 428 g/mol. The maximum Gasteiger partial charge on any atom is 0.296 e. The van der Waals surface area contributed by atoms with Gasteiger partial charge in [-0.1, -0.05) is 12.1 Å². The fourth-order valence-corrected chi connectivity index (χ4v) is 4.17. The Balaban J connectivity index is 1.71. The molecule has 5 rings (SSSR count). The van der Waals surface area contributed by atoms with E-state index in [1.165, 1.54) is 11.2 Å². The van der Waals surface area contributed by atoms with E-state index < -0.39 is 17.7 Å². The fourth-order valence-electron chi connectivity index (χ4n) is 4.17. The smallest absolute Gasteiger partial charge is 0.296 e. The van der Waals surface area contributed by atoms with E-state index in [0.717, 1.165) is 5.56 Å². The second kappa shape index (κ2) is 7.49. The molecule has 32 heavy (non-hydrogen) atoms. The molecule has 0 bridgehead atoms. The number of pyridine rings is 2. The predicted octanol–water partition coefficient (Wildman–Crippen LogP) is 3.56. The van der Waals surface area contributed by atoms with Crippen LogP contribution in [-0.4, -0.2) is 36.1 Å². The van der Waals surface area contributed by atoms with E-state index in [1.54, 1.807) is 36.7 Å². The number of aliphatic hydroxyl groups excluding tert-OH is 1. The van der Waals surface area contributed by atoms with E-state index in [-0.39, 0.29) is 23.6 Å². The van der Waals surface area contributed by atoms with Crippen LogP contribution >= 0.6 is 0 Å². The van der Waals surface area contributed by atoms with Crippen molar-refractivity contribution in [2.75, 3.05) is 0 Å². The van der Waals surface area contributed by atoms with Gasteiger partial charge in [-0.05, 0) is 49.2 Å². The molecule has 1 unspecified atom stereocenters. The highest BCUT2D eigenvalue weighted by Gasteiger charge is 2.47. The zero-order valence-electron chi connectivity index (χ0n) is 17.5. The van der Waals surface area contributed by atoms with E-state index in [1.807, 2.05) is 36.6 Å². The number of hydrogen-bond acceptors (Lipinski definition) is 6. The number of aliphatic hydroxyl groups is 1. The van der Waals surface area contributed by atoms with Crippen LogP contribution in [-0.2, 0) is 16.1 Å². The van der Waals surface area contributed by atoms with Crippen molar-refractivity contribution in [1.29, 1.82) is 0 Å². The number of fused-ring (bicyclic) bond motifs is 1. The van der Waals surface area contributed by atoms with Crippen LogP contribution in [0.15, 0.2) is 71.2 Å². The molecule has 8 heteroatoms. The summed E-state index contributed by atoms with van der Waals surface area (Å²) in [6, 6.07) is 9.93. The Morgan fingerprint density at radius 1 is 1.16 bits per heavy atom. The van der Waals surface area contributed by atoms with Gasteiger partial charge in [-0.15, -0.1) is 0 Å². The van der Waals surface area contributed by atoms with Gasteiger partial charge < -0.3 is 18.8 Å². The van der Waals surface area contributed by atoms with Crippen LogP contribution in [0.2, 0.25) is 0 Å². The molecule has 0 radical (unpaired) electrons. The Morgan fingerprint density at radius 2 is 2.00 bits per heavy atom. The molecule has 4 aromatic heterocycles. The number of furan rings is 1. The zero-order chi connectivity index (χ0) is 22.4. The maximum atomic E-state index is 13.1. The van der Waals surface area contributed by atoms with Crippen LogP contribution in [0.3, 0.4) is 0 Å². The molecule has 1 fully saturated rings. The largest absolute Gasteiger partial charge is 0.505 e. The molecule has 0 aliphatic carbocycles. The summed E-state index contributed by atoms with van der Waals surface area (Å²) < 4.78 is 7.25. The van der Waals surface area contributed by atoms with Crippen molar-refractivity contribution in [2.45, 2.75) is 26.4 Å². The van der Waals surface area contributed by atoms with Crippen molar-refractivity contribution in [1.82, 2.24) is 19.3 Å². The van der Waals surface area contributed by atoms with Crippen molar-refractivity contribution in [3.8, 4) is 0 Å². The molecule has 0 aromatic carbocycles. The van der Waals surface area contributed by atoms with Gasteiger partial charge in [-0.25, -0.2) is 4.98 Å². The summed E-state index contributed by atoms with van der Waals surface area (Å²) in [4.78, 5) is 36.3. The molecule has 1 aliphatic heterocycles. The van der Waals surface area contributed by atoms with Crippen molar-refractivity contribution in [2.24, 2.45) is 0 Å². The third-order valence-electron chi connectivity index (χ3n) is 5.75. The zero-order valence-corrected chi connectivity index (χ0v) is 17.5. The summed E-state index contributed by atoms with van der Waals surface area (Å²) in [6.07, 6.45) is 6.54. The molecule has 160 valence electrons. The second-order valence-corrected chi connectivity index (χ2v) is 7.72. The topological polar surface area (TPSA) is 101 Å². The molecule has 1 saturated heterocycles. The average Bonchev–Trinajstić information content (AvgIpc) is 3.49. The van der Waals surface area contributed by atoms with Gasteiger partial charge in [0, 0.05) is 18.6 Å². The normalized spacial score (nSPS) is 18.1. The number of aromatic nitrogens is 3. The van der Waals surface area contributed by atoms with Crippen molar-refractivity contribution in [3.05, 3.63) is 95.1 Å². The number of likely N-dealkylation sites (tertiary alicyclic amines) is 1. The standard InChI is InChI=1S/C24H20N4O4/c1-14-6-4-10-27-15(2)19(26-23(14)27)21(29)18-20(16-7-3-9-25-12-16)28(24(31)22(18)30)13-17-8-5-11-32-17/h3-12,20,29H,13H2,1-2H3/b21-18+. The molecule has 4 aromatic rings. The minimum atomic E-state index is -0.820. The molecule has 1 amide bonds. The fraction of sp³-hybridized carbons (Fsp3) is 0.167. The lowest BCUT2D eigenvalue weighted by atomic mass is 9.97. The Bertz CT molecular complexity index is 1370. The SMILES string of the molecule is Cc1cccn2c(C)c(/C(O)=C3\C(=O)C(=O)N(Cc4ccco4)C3c3cccnc3)nc12. The van der Waals surface area contributed by atoms with Crippen LogP contribution in [0.25, 0.3) is 11.4 Å². The van der Waals surface area contributed by atoms with Gasteiger partial charge in [-0.3, -0.25) is 14.6 Å². The number of amides is 1. The number of rotatable bonds is 4. The van der Waals surface area contributed by atoms with Crippen LogP contribution in [0.5, 0.6) is 0 Å². The van der Waals surface area contributed by atoms with Gasteiger partial charge in [-0.2, -0.15) is 0 Å². The van der Waals surface area contributed by atoms with Crippen molar-refractivity contribution in [3.63, 3.8) is 0 Å². The Morgan fingerprint density at radius 3 is 2.69 bits per heavy atom. The van der Waals surface area contributed by atoms with Crippen molar-refractivity contribution >= 4 is 23.1 Å². The first kappa shape index (κ1) is 19.7. The lowest BCUT2D eigenvalue weighted by Crippen LogP contribution is -2.29. The van der Waals surface area contributed by atoms with E-state index in [0.29, 0.717) is 22.7 Å². The van der Waals surface area contributed by atoms with Crippen LogP contribution in [0.1, 0.15) is 34.3 Å². The quantitative estimate of drug-likeness (QED) is 0.303. The minimum absolute atomic E-state index is 0.0151. The number of Topliss-reactive ketones (excluding diaryl/α,β-unsaturated/α-hetero) is 1. The molecule has 0 spiro atoms. The van der Waals surface area contributed by atoms with Gasteiger partial charge in [0.05, 0.1) is 30.1 Å². The number of hydrogen-bond donors (Lipinski definition) is 1. The molecule has 8 nitrogen and oxygen atoms in total. The Hall–Kier alpha value is -4.20. The molecule has 0 saturated carbocycles. The summed E-state index contributed by atoms with van der Waals surface area (Å²) in [6.45, 7) is 3.81. The first-order valence-corrected chi connectivity index (χ1v) is 10.1. The van der Waals surface area contributed by atoms with E-state index in [2.05, 4.69) is 9.97 Å². The van der Waals surface area contributed by atoms with Crippen LogP contribution in [0.4, 0.5) is 0 Å². The highest BCUT2D eigenvalue weighted by Crippen LogP contribution is 2.40. The summed E-state index contributed by atoms with van der Waals surface area (Å²) in [7, 11) is 0. The van der Waals surface area contributed by atoms with E-state index in [4.69, 9.17) is 4.42 Å². The average molecular weight is 428 g/mol. The number of imidazole rings is 1. The van der Waals surface area contributed by atoms with E-state index >= 15 is 0 Å². The number of carbonyl (C=O) groups excluding carboxylic acids is 2. The van der Waals surface area contributed by atoms with Gasteiger partial charge in [0.25, 0.3) is 11.7 Å². The molecule has 5 heterocycles. The van der Waals surface area contributed by atoms with Gasteiger partial charge in [0.15, 0.2) is 5.76 Å². The van der Waals surface area contributed by atoms with Crippen LogP contribution < -0.4 is 0 Å². The Labute approximate surface area is 183 Å². The number of nitrogens with zero attached hydrogens (tertiary/aromatic N) is 4. The molecular formula is C24H20N4O4. The molecule has 1 N–H and O–H groups in total. The molecule has 1 atom stereocenters. The molecule has 1 aliphatic rings. The highest BCUT2D eigenvalue weighted by molar-refractivity contribution is 6.46. The minimum Gasteiger partial charge on any atom is -0.505 e. The first-order chi connectivity index (χ1) is 15.5. The van der Waals surface area contributed by atoms with Gasteiger partial charge in [0.1, 0.15) is 17.1 Å². The number of aryl methyl sites for hydroxylation is 2. The lowest BCUT2D eigenvalue weighted by Gasteiger charge is -2.24. The van der Waals surface area contributed by atoms with Gasteiger partial charge in [0.2, 0.25) is 0 Å². The Kier molecular flexibility index (Phi) is 4.62. The maximum absolute atomic E-state index is 13.1. The van der Waals surface area contributed by atoms with E-state index in [9.17, 15) is 14.7 Å². The molecular weight excluding hydrogens is 408 g/mol. The second-order valence-electron chi connectivity index (χ2n) is 7.72. The first-order valence-electron chi connectivity index (χ1n) is 10.1. The third kappa shape index (κ3) is 2.99. The summed E-state index contributed by atoms with van der Waals surface area (Å²) in [5, 5.41) is 11.3. The number of carbonyl (C=O) groups is 2. The van der Waals surface area contributed by atoms with Crippen LogP contribution in [0, 0.1) is 13.8 Å². The lowest BCUT2D eigenvalue weighted by molar-refractivity contribution is -0.140. The van der Waals surface area contributed by atoms with Crippen molar-refractivity contribution < 1.29 is 19.1 Å².